The fraction of sp³-hybridized carbons (Fsp3) is 0.286. The van der Waals surface area contributed by atoms with Crippen LogP contribution < -0.4 is 15.4 Å². The first kappa shape index (κ1) is 35.5. The minimum Gasteiger partial charge on any atom is -0.524 e. The molecule has 0 saturated heterocycles. The van der Waals surface area contributed by atoms with E-state index in [4.69, 9.17) is 16.7 Å². The number of anilines is 2. The molecule has 0 aliphatic heterocycles. The van der Waals surface area contributed by atoms with Crippen LogP contribution in [-0.2, 0) is 37.0 Å². The van der Waals surface area contributed by atoms with Crippen molar-refractivity contribution in [2.75, 3.05) is 16.8 Å². The van der Waals surface area contributed by atoms with Crippen LogP contribution >= 0.6 is 11.6 Å². The number of carbonyl (C=O) groups is 1. The zero-order valence-electron chi connectivity index (χ0n) is 19.0. The summed E-state index contributed by atoms with van der Waals surface area (Å²) >= 11 is 5.72. The average Bonchev–Trinajstić information content (AvgIpc) is 2.72. The van der Waals surface area contributed by atoms with Crippen molar-refractivity contribution in [1.29, 1.82) is 0 Å². The van der Waals surface area contributed by atoms with Crippen molar-refractivity contribution in [2.45, 2.75) is 37.4 Å². The number of nitrogens with zero attached hydrogens (tertiary/aromatic N) is 2. The SMILES string of the molecule is CC.[CH2-]N(CCC([CH2-])(F)F)c1cc(C(F)(F)F)c(Cl)cc1C(=O)Nc1ccnc(S(N)=O)c1.[CH3-].[Os]. The van der Waals surface area contributed by atoms with Gasteiger partial charge in [-0.2, -0.15) is 13.2 Å². The normalized spacial score (nSPS) is 11.7. The molecule has 1 heterocycles. The van der Waals surface area contributed by atoms with Crippen LogP contribution in [-0.4, -0.2) is 27.6 Å². The molecule has 0 fully saturated rings. The third-order valence-electron chi connectivity index (χ3n) is 3.92. The molecule has 200 valence electrons. The van der Waals surface area contributed by atoms with Gasteiger partial charge < -0.3 is 17.6 Å². The Balaban J connectivity index is 0. The second-order valence-corrected chi connectivity index (χ2v) is 7.77. The second kappa shape index (κ2) is 14.8. The molecule has 0 radical (unpaired) electrons. The summed E-state index contributed by atoms with van der Waals surface area (Å²) in [5.41, 5.74) is -1.90. The van der Waals surface area contributed by atoms with Crippen molar-refractivity contribution in [2.24, 2.45) is 5.14 Å². The van der Waals surface area contributed by atoms with E-state index >= 15 is 0 Å². The van der Waals surface area contributed by atoms with Gasteiger partial charge in [0.1, 0.15) is 21.9 Å². The number of carbonyl (C=O) groups excluding carboxylic acids is 1. The molecule has 1 amide bonds. The Hall–Kier alpha value is -1.67. The molecule has 2 aromatic rings. The number of pyridine rings is 1. The number of hydrogen-bond donors (Lipinski definition) is 2. The van der Waals surface area contributed by atoms with Crippen LogP contribution in [0.4, 0.5) is 33.3 Å². The standard InChI is InChI=1S/C18H16ClF5N4O2S.C2H6.CH3.Os/c1-17(20,21)4-6-28(2)14-9-12(18(22,23)24)13(19)8-11(14)16(29)27-10-3-5-26-15(7-10)31(25)30;1-2;;/h3,5,7-9H,1-2,4,6,25H2,(H,26,27,29);1-2H3;1H3;/q-2;;-1;. The van der Waals surface area contributed by atoms with Gasteiger partial charge in [-0.3, -0.25) is 18.8 Å². The fourth-order valence-electron chi connectivity index (χ4n) is 2.44. The predicted octanol–water partition coefficient (Wildman–Crippen LogP) is 5.92. The number of halogens is 6. The summed E-state index contributed by atoms with van der Waals surface area (Å²) in [5.74, 6) is -4.26. The van der Waals surface area contributed by atoms with E-state index in [2.05, 4.69) is 24.3 Å². The van der Waals surface area contributed by atoms with Gasteiger partial charge in [0.15, 0.2) is 0 Å². The summed E-state index contributed by atoms with van der Waals surface area (Å²) < 4.78 is 77.3. The molecule has 0 aliphatic rings. The number of nitrogens with two attached hydrogens (primary N) is 1. The van der Waals surface area contributed by atoms with Gasteiger partial charge in [0.05, 0.1) is 16.1 Å². The predicted molar refractivity (Wildman–Crippen MR) is 125 cm³/mol. The van der Waals surface area contributed by atoms with Crippen molar-refractivity contribution < 1.29 is 50.7 Å². The van der Waals surface area contributed by atoms with E-state index in [1.807, 2.05) is 13.8 Å². The van der Waals surface area contributed by atoms with E-state index in [-0.39, 0.29) is 49.2 Å². The molecule has 35 heavy (non-hydrogen) atoms. The van der Waals surface area contributed by atoms with Gasteiger partial charge in [0, 0.05) is 37.4 Å². The molecule has 0 aliphatic carbocycles. The molecular weight excluding hydrogens is 693 g/mol. The average molecular weight is 718 g/mol. The van der Waals surface area contributed by atoms with Crippen molar-refractivity contribution in [3.05, 3.63) is 68.0 Å². The quantitative estimate of drug-likeness (QED) is 0.275. The van der Waals surface area contributed by atoms with E-state index in [9.17, 15) is 31.0 Å². The molecule has 0 bridgehead atoms. The van der Waals surface area contributed by atoms with Crippen molar-refractivity contribution >= 4 is 39.9 Å². The molecule has 0 saturated carbocycles. The zero-order valence-corrected chi connectivity index (χ0v) is 23.1. The number of alkyl halides is 5. The monoisotopic (exact) mass is 719 g/mol. The minimum atomic E-state index is -4.86. The summed E-state index contributed by atoms with van der Waals surface area (Å²) in [6.07, 6.45) is -4.47. The summed E-state index contributed by atoms with van der Waals surface area (Å²) in [4.78, 5) is 17.3. The smallest absolute Gasteiger partial charge is 0.417 e. The van der Waals surface area contributed by atoms with Crippen LogP contribution in [0.3, 0.4) is 0 Å². The van der Waals surface area contributed by atoms with Crippen LogP contribution in [0.1, 0.15) is 36.2 Å². The molecule has 14 heteroatoms. The van der Waals surface area contributed by atoms with Gasteiger partial charge in [0.2, 0.25) is 0 Å². The first-order chi connectivity index (χ1) is 15.2. The van der Waals surface area contributed by atoms with E-state index < -0.39 is 52.5 Å². The molecular formula is C21H25ClF5N4O2OsS-3. The summed E-state index contributed by atoms with van der Waals surface area (Å²) in [7, 11) is 1.52. The van der Waals surface area contributed by atoms with E-state index in [1.165, 1.54) is 18.3 Å². The maximum atomic E-state index is 13.3. The number of amides is 1. The number of benzene rings is 1. The number of aromatic nitrogens is 1. The first-order valence-corrected chi connectivity index (χ1v) is 10.9. The van der Waals surface area contributed by atoms with Crippen molar-refractivity contribution in [3.8, 4) is 0 Å². The molecule has 1 atom stereocenters. The van der Waals surface area contributed by atoms with E-state index in [0.29, 0.717) is 6.07 Å². The molecule has 1 aromatic heterocycles. The molecule has 2 rings (SSSR count). The summed E-state index contributed by atoms with van der Waals surface area (Å²) in [6, 6.07) is 3.84. The topological polar surface area (TPSA) is 88.3 Å². The Bertz CT molecular complexity index is 1010. The number of hydrogen-bond acceptors (Lipinski definition) is 4. The van der Waals surface area contributed by atoms with Crippen LogP contribution in [0.5, 0.6) is 0 Å². The van der Waals surface area contributed by atoms with E-state index in [0.717, 1.165) is 11.0 Å². The third kappa shape index (κ3) is 10.9. The Kier molecular flexibility index (Phi) is 15.0. The Labute approximate surface area is 222 Å². The van der Waals surface area contributed by atoms with Crippen molar-refractivity contribution in [1.82, 2.24) is 4.98 Å². The molecule has 1 aromatic carbocycles. The fourth-order valence-corrected chi connectivity index (χ4v) is 3.12. The zero-order chi connectivity index (χ0) is 25.6. The summed E-state index contributed by atoms with van der Waals surface area (Å²) in [6.45, 7) is 6.13. The molecule has 3 N–H and O–H groups in total. The Morgan fingerprint density at radius 1 is 1.23 bits per heavy atom. The minimum absolute atomic E-state index is 0. The Morgan fingerprint density at radius 2 is 1.80 bits per heavy atom. The largest absolute Gasteiger partial charge is 0.524 e. The van der Waals surface area contributed by atoms with Crippen molar-refractivity contribution in [3.63, 3.8) is 0 Å². The van der Waals surface area contributed by atoms with Gasteiger partial charge >= 0.3 is 6.18 Å². The van der Waals surface area contributed by atoms with E-state index in [1.54, 1.807) is 0 Å². The van der Waals surface area contributed by atoms with Gasteiger partial charge in [-0.1, -0.05) is 25.4 Å². The molecule has 0 spiro atoms. The molecule has 6 nitrogen and oxygen atoms in total. The molecule has 1 unspecified atom stereocenters. The van der Waals surface area contributed by atoms with Gasteiger partial charge in [-0.05, 0) is 37.2 Å². The number of nitrogens with one attached hydrogen (secondary N) is 1. The maximum Gasteiger partial charge on any atom is 0.417 e. The maximum absolute atomic E-state index is 13.3. The van der Waals surface area contributed by atoms with Crippen LogP contribution in [0.15, 0.2) is 35.5 Å². The van der Waals surface area contributed by atoms with Crippen LogP contribution in [0.2, 0.25) is 5.02 Å². The first-order valence-electron chi connectivity index (χ1n) is 9.34. The van der Waals surface area contributed by atoms with Crippen LogP contribution in [0.25, 0.3) is 0 Å². The number of rotatable bonds is 7. The second-order valence-electron chi connectivity index (χ2n) is 6.35. The van der Waals surface area contributed by atoms with Crippen LogP contribution in [0, 0.1) is 21.4 Å². The third-order valence-corrected chi connectivity index (χ3v) is 4.87. The van der Waals surface area contributed by atoms with Gasteiger partial charge in [0.25, 0.3) is 5.91 Å². The van der Waals surface area contributed by atoms with Gasteiger partial charge in [-0.15, -0.1) is 0 Å². The van der Waals surface area contributed by atoms with Gasteiger partial charge in [-0.25, -0.2) is 23.1 Å². The summed E-state index contributed by atoms with van der Waals surface area (Å²) in [5, 5.41) is 6.79. The Morgan fingerprint density at radius 3 is 2.29 bits per heavy atom.